The van der Waals surface area contributed by atoms with Crippen molar-refractivity contribution in [3.63, 3.8) is 0 Å². The third-order valence-electron chi connectivity index (χ3n) is 2.88. The lowest BCUT2D eigenvalue weighted by atomic mass is 9.87. The molecule has 0 aliphatic carbocycles. The number of nitrogens with two attached hydrogens (primary N) is 1. The first-order valence-electron chi connectivity index (χ1n) is 5.46. The molecule has 0 aromatic heterocycles. The maximum absolute atomic E-state index is 13.8. The standard InChI is InChI=1S/C12H11BrF2NO2S/c13-6-1-2-9-7(3-6)8(12(14,15)5-17)4-10(19-9)11(16)18/h1-3,10,17H,4-5H2,(H2,16,18)/t10-/m1/s1. The molecule has 1 aliphatic heterocycles. The van der Waals surface area contributed by atoms with Crippen LogP contribution in [0.1, 0.15) is 12.0 Å². The lowest BCUT2D eigenvalue weighted by molar-refractivity contribution is -0.117. The Bertz CT molecular complexity index is 513. The predicted octanol–water partition coefficient (Wildman–Crippen LogP) is 2.35. The minimum Gasteiger partial charge on any atom is -0.390 e. The summed E-state index contributed by atoms with van der Waals surface area (Å²) < 4.78 is 28.3. The summed E-state index contributed by atoms with van der Waals surface area (Å²) in [7, 11) is 0. The summed E-state index contributed by atoms with van der Waals surface area (Å²) in [5, 5.41) is 8.13. The number of aliphatic hydroxyl groups excluding tert-OH is 1. The van der Waals surface area contributed by atoms with Crippen molar-refractivity contribution in [1.82, 2.24) is 0 Å². The number of carbonyl (C=O) groups excluding carboxylic acids is 1. The molecule has 1 aliphatic rings. The third-order valence-corrected chi connectivity index (χ3v) is 4.67. The van der Waals surface area contributed by atoms with Crippen molar-refractivity contribution >= 4 is 33.6 Å². The molecule has 1 amide bonds. The predicted molar refractivity (Wildman–Crippen MR) is 72.0 cm³/mol. The quantitative estimate of drug-likeness (QED) is 0.879. The van der Waals surface area contributed by atoms with E-state index in [1.54, 1.807) is 18.2 Å². The Morgan fingerprint density at radius 1 is 1.58 bits per heavy atom. The first-order chi connectivity index (χ1) is 8.85. The zero-order chi connectivity index (χ0) is 14.2. The van der Waals surface area contributed by atoms with E-state index in [1.807, 2.05) is 0 Å². The van der Waals surface area contributed by atoms with Gasteiger partial charge in [-0.05, 0) is 30.2 Å². The highest BCUT2D eigenvalue weighted by Crippen LogP contribution is 2.48. The number of hydrogen-bond donors (Lipinski definition) is 2. The molecule has 1 heterocycles. The number of hydrogen-bond acceptors (Lipinski definition) is 3. The number of halogens is 3. The Kier molecular flexibility index (Phi) is 4.17. The molecule has 3 nitrogen and oxygen atoms in total. The maximum Gasteiger partial charge on any atom is 0.281 e. The van der Waals surface area contributed by atoms with Gasteiger partial charge in [0, 0.05) is 9.37 Å². The van der Waals surface area contributed by atoms with Gasteiger partial charge >= 0.3 is 0 Å². The number of thioether (sulfide) groups is 1. The van der Waals surface area contributed by atoms with Crippen LogP contribution in [0.2, 0.25) is 0 Å². The van der Waals surface area contributed by atoms with Gasteiger partial charge in [-0.3, -0.25) is 4.79 Å². The lowest BCUT2D eigenvalue weighted by Crippen LogP contribution is -2.39. The topological polar surface area (TPSA) is 63.3 Å². The van der Waals surface area contributed by atoms with E-state index in [2.05, 4.69) is 15.9 Å². The summed E-state index contributed by atoms with van der Waals surface area (Å²) in [5.41, 5.74) is 5.57. The fraction of sp³-hybridized carbons (Fsp3) is 0.333. The van der Waals surface area contributed by atoms with Crippen molar-refractivity contribution in [2.75, 3.05) is 6.61 Å². The van der Waals surface area contributed by atoms with Crippen LogP contribution in [0.25, 0.3) is 0 Å². The molecule has 0 spiro atoms. The van der Waals surface area contributed by atoms with Gasteiger partial charge in [-0.1, -0.05) is 15.9 Å². The van der Waals surface area contributed by atoms with E-state index in [9.17, 15) is 13.6 Å². The SMILES string of the molecule is NC(=O)[C@H]1C[C](C(F)(F)CO)c2cc(Br)ccc2S1. The average Bonchev–Trinajstić information content (AvgIpc) is 2.37. The first kappa shape index (κ1) is 14.7. The molecular weight excluding hydrogens is 340 g/mol. The number of fused-ring (bicyclic) bond motifs is 1. The van der Waals surface area contributed by atoms with E-state index < -0.39 is 23.7 Å². The van der Waals surface area contributed by atoms with Gasteiger partial charge < -0.3 is 10.8 Å². The number of rotatable bonds is 3. The summed E-state index contributed by atoms with van der Waals surface area (Å²) in [6.07, 6.45) is -0.156. The van der Waals surface area contributed by atoms with Gasteiger partial charge in [0.15, 0.2) is 0 Å². The molecule has 1 aromatic rings. The van der Waals surface area contributed by atoms with Crippen molar-refractivity contribution in [1.29, 1.82) is 0 Å². The van der Waals surface area contributed by atoms with Crippen LogP contribution in [0.4, 0.5) is 8.78 Å². The Morgan fingerprint density at radius 2 is 2.26 bits per heavy atom. The van der Waals surface area contributed by atoms with E-state index in [-0.39, 0.29) is 12.3 Å². The van der Waals surface area contributed by atoms with Crippen molar-refractivity contribution in [3.05, 3.63) is 34.2 Å². The van der Waals surface area contributed by atoms with Crippen LogP contribution >= 0.6 is 27.7 Å². The van der Waals surface area contributed by atoms with Crippen molar-refractivity contribution < 1.29 is 18.7 Å². The fourth-order valence-electron chi connectivity index (χ4n) is 1.93. The fourth-order valence-corrected chi connectivity index (χ4v) is 3.42. The van der Waals surface area contributed by atoms with Gasteiger partial charge in [-0.25, -0.2) is 8.78 Å². The van der Waals surface area contributed by atoms with E-state index >= 15 is 0 Å². The molecule has 103 valence electrons. The Morgan fingerprint density at radius 3 is 2.84 bits per heavy atom. The van der Waals surface area contributed by atoms with Crippen LogP contribution < -0.4 is 5.73 Å². The highest BCUT2D eigenvalue weighted by Gasteiger charge is 2.46. The van der Waals surface area contributed by atoms with E-state index in [0.717, 1.165) is 0 Å². The molecule has 0 unspecified atom stereocenters. The second-order valence-electron chi connectivity index (χ2n) is 4.19. The monoisotopic (exact) mass is 350 g/mol. The molecule has 0 fully saturated rings. The zero-order valence-electron chi connectivity index (χ0n) is 9.70. The molecule has 19 heavy (non-hydrogen) atoms. The van der Waals surface area contributed by atoms with Gasteiger partial charge in [0.2, 0.25) is 5.91 Å². The number of benzene rings is 1. The van der Waals surface area contributed by atoms with Crippen LogP contribution in [0.5, 0.6) is 0 Å². The molecule has 3 N–H and O–H groups in total. The largest absolute Gasteiger partial charge is 0.390 e. The van der Waals surface area contributed by atoms with E-state index in [0.29, 0.717) is 14.9 Å². The highest BCUT2D eigenvalue weighted by atomic mass is 79.9. The summed E-state index contributed by atoms with van der Waals surface area (Å²) in [6.45, 7) is -1.29. The van der Waals surface area contributed by atoms with Crippen molar-refractivity contribution in [2.45, 2.75) is 22.5 Å². The highest BCUT2D eigenvalue weighted by molar-refractivity contribution is 9.10. The molecule has 1 aromatic carbocycles. The van der Waals surface area contributed by atoms with Gasteiger partial charge in [0.05, 0.1) is 11.2 Å². The van der Waals surface area contributed by atoms with E-state index in [1.165, 1.54) is 11.8 Å². The van der Waals surface area contributed by atoms with E-state index in [4.69, 9.17) is 10.8 Å². The third kappa shape index (κ3) is 2.93. The van der Waals surface area contributed by atoms with Gasteiger partial charge in [-0.2, -0.15) is 0 Å². The van der Waals surface area contributed by atoms with Crippen molar-refractivity contribution in [2.24, 2.45) is 5.73 Å². The summed E-state index contributed by atoms with van der Waals surface area (Å²) >= 11 is 4.40. The molecule has 1 radical (unpaired) electrons. The zero-order valence-corrected chi connectivity index (χ0v) is 12.1. The van der Waals surface area contributed by atoms with Crippen LogP contribution in [0.15, 0.2) is 27.6 Å². The van der Waals surface area contributed by atoms with Crippen LogP contribution in [0.3, 0.4) is 0 Å². The molecule has 7 heteroatoms. The number of carbonyl (C=O) groups is 1. The average molecular weight is 351 g/mol. The molecular formula is C12H11BrF2NO2S. The van der Waals surface area contributed by atoms with Crippen LogP contribution in [-0.2, 0) is 4.79 Å². The second-order valence-corrected chi connectivity index (χ2v) is 6.35. The first-order valence-corrected chi connectivity index (χ1v) is 7.13. The number of alkyl halides is 2. The molecule has 1 atom stereocenters. The summed E-state index contributed by atoms with van der Waals surface area (Å²) in [5.74, 6) is -4.23. The number of primary amides is 1. The summed E-state index contributed by atoms with van der Waals surface area (Å²) in [4.78, 5) is 11.8. The van der Waals surface area contributed by atoms with Crippen LogP contribution in [-0.4, -0.2) is 28.8 Å². The maximum atomic E-state index is 13.8. The van der Waals surface area contributed by atoms with Crippen molar-refractivity contribution in [3.8, 4) is 0 Å². The molecule has 2 rings (SSSR count). The minimum atomic E-state index is -3.36. The van der Waals surface area contributed by atoms with Gasteiger partial charge in [-0.15, -0.1) is 11.8 Å². The smallest absolute Gasteiger partial charge is 0.281 e. The van der Waals surface area contributed by atoms with Gasteiger partial charge in [0.1, 0.15) is 6.61 Å². The van der Waals surface area contributed by atoms with Gasteiger partial charge in [0.25, 0.3) is 5.92 Å². The Balaban J connectivity index is 2.48. The minimum absolute atomic E-state index is 0.156. The Hall–Kier alpha value is -0.660. The Labute approximate surface area is 121 Å². The van der Waals surface area contributed by atoms with Crippen LogP contribution in [0, 0.1) is 5.92 Å². The lowest BCUT2D eigenvalue weighted by Gasteiger charge is -2.33. The number of aliphatic hydroxyl groups is 1. The normalized spacial score (nSPS) is 20.1. The second kappa shape index (κ2) is 5.38. The summed E-state index contributed by atoms with van der Waals surface area (Å²) in [6, 6.07) is 4.94. The molecule has 0 bridgehead atoms. The molecule has 0 saturated heterocycles. The number of amides is 1. The molecule has 0 saturated carbocycles.